The van der Waals surface area contributed by atoms with Crippen LogP contribution in [0.4, 0.5) is 18.9 Å². The maximum Gasteiger partial charge on any atom is 0.416 e. The van der Waals surface area contributed by atoms with Crippen molar-refractivity contribution >= 4 is 34.1 Å². The molecule has 0 fully saturated rings. The number of alkyl halides is 3. The number of nitrogens with one attached hydrogen (secondary N) is 1. The Morgan fingerprint density at radius 2 is 1.76 bits per heavy atom. The van der Waals surface area contributed by atoms with Crippen molar-refractivity contribution in [2.45, 2.75) is 16.3 Å². The summed E-state index contributed by atoms with van der Waals surface area (Å²) in [6.45, 7) is 0. The van der Waals surface area contributed by atoms with E-state index in [0.29, 0.717) is 5.56 Å². The molecule has 1 aliphatic heterocycles. The monoisotopic (exact) mass is 359 g/mol. The third-order valence-corrected chi connectivity index (χ3v) is 5.45. The predicted octanol–water partition coefficient (Wildman–Crippen LogP) is 5.64. The van der Waals surface area contributed by atoms with E-state index < -0.39 is 17.0 Å². The largest absolute Gasteiger partial charge is 0.416 e. The molecule has 0 bridgehead atoms. The average molecular weight is 359 g/mol. The summed E-state index contributed by atoms with van der Waals surface area (Å²) in [6.07, 6.45) is -4.43. The minimum absolute atomic E-state index is 0.312. The summed E-state index contributed by atoms with van der Waals surface area (Å²) in [6, 6.07) is 16.4. The number of halogens is 3. The van der Waals surface area contributed by atoms with E-state index in [9.17, 15) is 18.0 Å². The van der Waals surface area contributed by atoms with Gasteiger partial charge < -0.3 is 5.32 Å². The molecule has 1 atom stereocenters. The molecule has 0 aromatic heterocycles. The first-order valence-electron chi connectivity index (χ1n) is 7.60. The van der Waals surface area contributed by atoms with Crippen LogP contribution < -0.4 is 5.32 Å². The SMILES string of the molecule is O=C1Nc2c(ccc3ccccc23)SC1c1cccc(C(F)(F)F)c1. The first-order chi connectivity index (χ1) is 11.9. The Hall–Kier alpha value is -2.47. The van der Waals surface area contributed by atoms with E-state index in [1.165, 1.54) is 17.8 Å². The maximum absolute atomic E-state index is 12.9. The Labute approximate surface area is 146 Å². The molecule has 1 amide bonds. The van der Waals surface area contributed by atoms with Crippen LogP contribution in [0.5, 0.6) is 0 Å². The van der Waals surface area contributed by atoms with E-state index >= 15 is 0 Å². The lowest BCUT2D eigenvalue weighted by Crippen LogP contribution is -2.23. The van der Waals surface area contributed by atoms with Gasteiger partial charge in [-0.1, -0.05) is 48.5 Å². The molecule has 3 aromatic rings. The van der Waals surface area contributed by atoms with Gasteiger partial charge in [0.05, 0.1) is 11.3 Å². The van der Waals surface area contributed by atoms with Crippen LogP contribution >= 0.6 is 11.8 Å². The standard InChI is InChI=1S/C19H12F3NOS/c20-19(21,22)13-6-3-5-12(10-13)17-18(24)23-16-14-7-2-1-4-11(14)8-9-15(16)25-17/h1-10,17H,(H,23,24). The van der Waals surface area contributed by atoms with E-state index in [4.69, 9.17) is 0 Å². The Morgan fingerprint density at radius 3 is 2.56 bits per heavy atom. The molecule has 0 radical (unpaired) electrons. The van der Waals surface area contributed by atoms with Crippen LogP contribution in [0.15, 0.2) is 65.6 Å². The van der Waals surface area contributed by atoms with Crippen molar-refractivity contribution in [2.75, 3.05) is 5.32 Å². The predicted molar refractivity (Wildman–Crippen MR) is 92.6 cm³/mol. The van der Waals surface area contributed by atoms with Gasteiger partial charge in [0.2, 0.25) is 5.91 Å². The summed E-state index contributed by atoms with van der Waals surface area (Å²) in [4.78, 5) is 13.4. The Balaban J connectivity index is 1.76. The molecular weight excluding hydrogens is 347 g/mol. The first kappa shape index (κ1) is 16.0. The van der Waals surface area contributed by atoms with E-state index in [2.05, 4.69) is 5.32 Å². The van der Waals surface area contributed by atoms with Gasteiger partial charge in [0.15, 0.2) is 0 Å². The molecule has 4 rings (SSSR count). The van der Waals surface area contributed by atoms with E-state index in [0.717, 1.165) is 33.5 Å². The Bertz CT molecular complexity index is 984. The van der Waals surface area contributed by atoms with Gasteiger partial charge >= 0.3 is 6.18 Å². The fraction of sp³-hybridized carbons (Fsp3) is 0.105. The number of thioether (sulfide) groups is 1. The molecule has 126 valence electrons. The highest BCUT2D eigenvalue weighted by molar-refractivity contribution is 8.00. The van der Waals surface area contributed by atoms with Crippen LogP contribution in [0.1, 0.15) is 16.4 Å². The topological polar surface area (TPSA) is 29.1 Å². The molecule has 6 heteroatoms. The number of anilines is 1. The summed E-state index contributed by atoms with van der Waals surface area (Å²) in [5, 5.41) is 4.08. The van der Waals surface area contributed by atoms with Crippen molar-refractivity contribution in [3.63, 3.8) is 0 Å². The molecule has 1 heterocycles. The summed E-state index contributed by atoms with van der Waals surface area (Å²) in [7, 11) is 0. The van der Waals surface area contributed by atoms with Crippen molar-refractivity contribution in [1.29, 1.82) is 0 Å². The molecule has 1 aliphatic rings. The van der Waals surface area contributed by atoms with Gasteiger partial charge in [0, 0.05) is 10.3 Å². The van der Waals surface area contributed by atoms with Crippen molar-refractivity contribution in [3.8, 4) is 0 Å². The zero-order valence-electron chi connectivity index (χ0n) is 12.8. The lowest BCUT2D eigenvalue weighted by molar-refractivity contribution is -0.137. The number of amides is 1. The molecule has 2 nitrogen and oxygen atoms in total. The summed E-state index contributed by atoms with van der Waals surface area (Å²) < 4.78 is 38.8. The Morgan fingerprint density at radius 1 is 0.960 bits per heavy atom. The van der Waals surface area contributed by atoms with Crippen molar-refractivity contribution in [1.82, 2.24) is 0 Å². The number of hydrogen-bond donors (Lipinski definition) is 1. The van der Waals surface area contributed by atoms with Crippen LogP contribution in [0, 0.1) is 0 Å². The highest BCUT2D eigenvalue weighted by Crippen LogP contribution is 2.47. The smallest absolute Gasteiger partial charge is 0.323 e. The van der Waals surface area contributed by atoms with E-state index in [-0.39, 0.29) is 5.91 Å². The van der Waals surface area contributed by atoms with Crippen LogP contribution in [0.3, 0.4) is 0 Å². The number of benzene rings is 3. The van der Waals surface area contributed by atoms with Crippen molar-refractivity contribution < 1.29 is 18.0 Å². The summed E-state index contributed by atoms with van der Waals surface area (Å²) in [5.41, 5.74) is 0.315. The third kappa shape index (κ3) is 2.87. The highest BCUT2D eigenvalue weighted by atomic mass is 32.2. The van der Waals surface area contributed by atoms with Crippen molar-refractivity contribution in [3.05, 3.63) is 71.8 Å². The second kappa shape index (κ2) is 5.81. The van der Waals surface area contributed by atoms with E-state index in [1.807, 2.05) is 36.4 Å². The van der Waals surface area contributed by atoms with Gasteiger partial charge in [0.1, 0.15) is 5.25 Å². The minimum atomic E-state index is -4.43. The fourth-order valence-electron chi connectivity index (χ4n) is 2.95. The molecule has 3 aromatic carbocycles. The first-order valence-corrected chi connectivity index (χ1v) is 8.48. The third-order valence-electron chi connectivity index (χ3n) is 4.14. The highest BCUT2D eigenvalue weighted by Gasteiger charge is 2.34. The van der Waals surface area contributed by atoms with Gasteiger partial charge in [-0.05, 0) is 23.1 Å². The molecule has 0 saturated carbocycles. The lowest BCUT2D eigenvalue weighted by atomic mass is 10.1. The quantitative estimate of drug-likeness (QED) is 0.609. The zero-order chi connectivity index (χ0) is 17.6. The maximum atomic E-state index is 12.9. The van der Waals surface area contributed by atoms with Crippen LogP contribution in [0.25, 0.3) is 10.8 Å². The zero-order valence-corrected chi connectivity index (χ0v) is 13.6. The molecule has 25 heavy (non-hydrogen) atoms. The second-order valence-corrected chi connectivity index (χ2v) is 6.92. The van der Waals surface area contributed by atoms with Gasteiger partial charge in [-0.15, -0.1) is 11.8 Å². The number of carbonyl (C=O) groups is 1. The molecule has 0 saturated heterocycles. The van der Waals surface area contributed by atoms with Gasteiger partial charge in [-0.2, -0.15) is 13.2 Å². The normalized spacial score (nSPS) is 17.2. The Kier molecular flexibility index (Phi) is 3.72. The molecule has 0 aliphatic carbocycles. The van der Waals surface area contributed by atoms with Gasteiger partial charge in [-0.3, -0.25) is 4.79 Å². The number of hydrogen-bond acceptors (Lipinski definition) is 2. The van der Waals surface area contributed by atoms with Crippen LogP contribution in [-0.2, 0) is 11.0 Å². The lowest BCUT2D eigenvalue weighted by Gasteiger charge is -2.26. The number of fused-ring (bicyclic) bond motifs is 3. The number of carbonyl (C=O) groups excluding carboxylic acids is 1. The molecule has 0 spiro atoms. The molecular formula is C19H12F3NOS. The molecule has 1 N–H and O–H groups in total. The number of rotatable bonds is 1. The molecule has 1 unspecified atom stereocenters. The second-order valence-electron chi connectivity index (χ2n) is 5.77. The van der Waals surface area contributed by atoms with Gasteiger partial charge in [0.25, 0.3) is 0 Å². The van der Waals surface area contributed by atoms with Crippen LogP contribution in [0.2, 0.25) is 0 Å². The van der Waals surface area contributed by atoms with E-state index in [1.54, 1.807) is 6.07 Å². The summed E-state index contributed by atoms with van der Waals surface area (Å²) in [5.74, 6) is -0.312. The minimum Gasteiger partial charge on any atom is -0.323 e. The fourth-order valence-corrected chi connectivity index (χ4v) is 4.07. The van der Waals surface area contributed by atoms with Gasteiger partial charge in [-0.25, -0.2) is 0 Å². The van der Waals surface area contributed by atoms with Crippen LogP contribution in [-0.4, -0.2) is 5.91 Å². The summed E-state index contributed by atoms with van der Waals surface area (Å²) >= 11 is 1.27. The van der Waals surface area contributed by atoms with Crippen molar-refractivity contribution in [2.24, 2.45) is 0 Å². The average Bonchev–Trinajstić information content (AvgIpc) is 2.60.